The molecule has 3 heterocycles. The third-order valence-corrected chi connectivity index (χ3v) is 8.66. The molecule has 1 fully saturated rings. The van der Waals surface area contributed by atoms with Gasteiger partial charge in [0.05, 0.1) is 12.0 Å². The Labute approximate surface area is 231 Å². The third-order valence-electron chi connectivity index (χ3n) is 7.56. The molecule has 1 aliphatic rings. The summed E-state index contributed by atoms with van der Waals surface area (Å²) in [4.78, 5) is 43.9. The first-order valence-corrected chi connectivity index (χ1v) is 13.6. The van der Waals surface area contributed by atoms with Crippen molar-refractivity contribution in [2.24, 2.45) is 5.92 Å². The van der Waals surface area contributed by atoms with Crippen LogP contribution in [0.15, 0.2) is 94.7 Å². The minimum atomic E-state index is -1.73. The maximum Gasteiger partial charge on any atom is 0.330 e. The summed E-state index contributed by atoms with van der Waals surface area (Å²) in [7, 11) is 0. The van der Waals surface area contributed by atoms with E-state index in [4.69, 9.17) is 4.42 Å². The maximum atomic E-state index is 14.3. The molecule has 0 spiro atoms. The Kier molecular flexibility index (Phi) is 7.10. The van der Waals surface area contributed by atoms with Crippen LogP contribution in [0.25, 0.3) is 6.08 Å². The van der Waals surface area contributed by atoms with E-state index in [0.29, 0.717) is 11.3 Å². The van der Waals surface area contributed by atoms with E-state index in [0.717, 1.165) is 16.0 Å². The predicted molar refractivity (Wildman–Crippen MR) is 151 cm³/mol. The Hall–Kier alpha value is -4.23. The lowest BCUT2D eigenvalue weighted by molar-refractivity contribution is -0.148. The molecule has 39 heavy (non-hydrogen) atoms. The van der Waals surface area contributed by atoms with Gasteiger partial charge in [-0.15, -0.1) is 11.3 Å². The summed E-state index contributed by atoms with van der Waals surface area (Å²) in [6, 6.07) is 22.5. The topological polar surface area (TPSA) is 87.8 Å². The normalized spacial score (nSPS) is 22.8. The highest BCUT2D eigenvalue weighted by Gasteiger charge is 2.64. The van der Waals surface area contributed by atoms with Crippen LogP contribution in [0, 0.1) is 19.8 Å². The van der Waals surface area contributed by atoms with Crippen molar-refractivity contribution >= 4 is 35.1 Å². The number of nitrogens with zero attached hydrogens (tertiary/aromatic N) is 1. The van der Waals surface area contributed by atoms with Gasteiger partial charge in [-0.25, -0.2) is 4.79 Å². The van der Waals surface area contributed by atoms with E-state index in [-0.39, 0.29) is 11.5 Å². The van der Waals surface area contributed by atoms with Crippen LogP contribution >= 0.6 is 11.3 Å². The van der Waals surface area contributed by atoms with Gasteiger partial charge < -0.3 is 14.4 Å². The summed E-state index contributed by atoms with van der Waals surface area (Å²) in [5.74, 6) is -2.94. The minimum Gasteiger partial charge on any atom is -0.479 e. The van der Waals surface area contributed by atoms with Crippen LogP contribution in [0.4, 0.5) is 0 Å². The Morgan fingerprint density at radius 2 is 1.62 bits per heavy atom. The number of furan rings is 1. The van der Waals surface area contributed by atoms with Crippen LogP contribution in [-0.2, 0) is 4.79 Å². The molecule has 0 bridgehead atoms. The maximum absolute atomic E-state index is 14.3. The molecule has 0 aliphatic carbocycles. The molecule has 1 aliphatic heterocycles. The SMILES string of the molecule is Cc1ccc(C(=O)C2C(C=Cc3ccccc3)N(C(=O)c3ccccc3)C(C)(C(=O)O)C2c2sccc2C)o1. The number of amides is 1. The molecule has 5 rings (SSSR count). The fourth-order valence-electron chi connectivity index (χ4n) is 5.61. The number of Topliss-reactive ketones (excluding diaryl/α,β-unsaturated/α-hetero) is 1. The average Bonchev–Trinajstić information content (AvgIpc) is 3.63. The molecule has 0 saturated carbocycles. The van der Waals surface area contributed by atoms with Crippen molar-refractivity contribution in [1.29, 1.82) is 0 Å². The van der Waals surface area contributed by atoms with Gasteiger partial charge in [0.2, 0.25) is 5.78 Å². The first-order valence-electron chi connectivity index (χ1n) is 12.7. The number of hydrogen-bond acceptors (Lipinski definition) is 5. The molecule has 1 saturated heterocycles. The van der Waals surface area contributed by atoms with Crippen LogP contribution in [0.5, 0.6) is 0 Å². The molecule has 7 heteroatoms. The second-order valence-corrected chi connectivity index (χ2v) is 10.9. The van der Waals surface area contributed by atoms with Gasteiger partial charge in [-0.05, 0) is 67.6 Å². The fourth-order valence-corrected chi connectivity index (χ4v) is 6.80. The zero-order valence-corrected chi connectivity index (χ0v) is 22.7. The van der Waals surface area contributed by atoms with E-state index in [2.05, 4.69) is 0 Å². The first kappa shape index (κ1) is 26.4. The van der Waals surface area contributed by atoms with E-state index < -0.39 is 35.3 Å². The van der Waals surface area contributed by atoms with Crippen LogP contribution in [0.2, 0.25) is 0 Å². The van der Waals surface area contributed by atoms with Crippen molar-refractivity contribution in [1.82, 2.24) is 4.90 Å². The number of aryl methyl sites for hydroxylation is 2. The molecule has 1 amide bonds. The molecule has 6 nitrogen and oxygen atoms in total. The van der Waals surface area contributed by atoms with Crippen LogP contribution in [-0.4, -0.2) is 39.2 Å². The number of rotatable bonds is 7. The van der Waals surface area contributed by atoms with Crippen molar-refractivity contribution < 1.29 is 23.9 Å². The smallest absolute Gasteiger partial charge is 0.330 e. The molecular formula is C32H29NO5S. The number of ketones is 1. The lowest BCUT2D eigenvalue weighted by Crippen LogP contribution is -2.55. The summed E-state index contributed by atoms with van der Waals surface area (Å²) in [5, 5.41) is 12.7. The zero-order valence-electron chi connectivity index (χ0n) is 21.9. The number of carboxylic acid groups (broad SMARTS) is 1. The quantitative estimate of drug-likeness (QED) is 0.267. The van der Waals surface area contributed by atoms with Crippen LogP contribution in [0.1, 0.15) is 55.5 Å². The van der Waals surface area contributed by atoms with Crippen molar-refractivity contribution in [3.8, 4) is 0 Å². The van der Waals surface area contributed by atoms with E-state index in [1.54, 1.807) is 62.4 Å². The number of benzene rings is 2. The number of hydrogen-bond donors (Lipinski definition) is 1. The lowest BCUT2D eigenvalue weighted by Gasteiger charge is -2.37. The second kappa shape index (κ2) is 10.5. The number of thiophene rings is 1. The Bertz CT molecular complexity index is 1540. The number of aliphatic carboxylic acids is 1. The number of carbonyl (C=O) groups is 3. The van der Waals surface area contributed by atoms with Gasteiger partial charge in [0, 0.05) is 16.4 Å². The predicted octanol–water partition coefficient (Wildman–Crippen LogP) is 6.62. The van der Waals surface area contributed by atoms with Crippen molar-refractivity contribution in [3.63, 3.8) is 0 Å². The van der Waals surface area contributed by atoms with Crippen molar-refractivity contribution in [2.45, 2.75) is 38.3 Å². The largest absolute Gasteiger partial charge is 0.479 e. The fraction of sp³-hybridized carbons (Fsp3) is 0.219. The summed E-state index contributed by atoms with van der Waals surface area (Å²) in [5.41, 5.74) is 0.380. The van der Waals surface area contributed by atoms with Crippen LogP contribution < -0.4 is 0 Å². The zero-order chi connectivity index (χ0) is 27.7. The molecular weight excluding hydrogens is 510 g/mol. The standard InChI is InChI=1S/C32H29NO5S/c1-20-18-19-39-29(20)27-26(28(34)25-17-14-21(2)38-25)24(16-15-22-10-6-4-7-11-22)33(32(27,3)31(36)37)30(35)23-12-8-5-9-13-23/h4-19,24,26-27H,1-3H3,(H,36,37). The molecule has 4 unspecified atom stereocenters. The summed E-state index contributed by atoms with van der Waals surface area (Å²) >= 11 is 1.41. The summed E-state index contributed by atoms with van der Waals surface area (Å²) in [6.45, 7) is 5.22. The number of carbonyl (C=O) groups excluding carboxylic acids is 2. The van der Waals surface area contributed by atoms with E-state index in [1.807, 2.05) is 54.8 Å². The summed E-state index contributed by atoms with van der Waals surface area (Å²) in [6.07, 6.45) is 3.63. The van der Waals surface area contributed by atoms with Gasteiger partial charge in [0.25, 0.3) is 5.91 Å². The van der Waals surface area contributed by atoms with Gasteiger partial charge in [-0.2, -0.15) is 0 Å². The molecule has 0 radical (unpaired) electrons. The number of carboxylic acids is 1. The highest BCUT2D eigenvalue weighted by atomic mass is 32.1. The first-order chi connectivity index (χ1) is 18.7. The van der Waals surface area contributed by atoms with Crippen molar-refractivity contribution in [2.75, 3.05) is 0 Å². The highest BCUT2D eigenvalue weighted by molar-refractivity contribution is 7.10. The van der Waals surface area contributed by atoms with Gasteiger partial charge in [0.1, 0.15) is 11.3 Å². The average molecular weight is 540 g/mol. The monoisotopic (exact) mass is 539 g/mol. The van der Waals surface area contributed by atoms with Gasteiger partial charge in [0.15, 0.2) is 5.76 Å². The summed E-state index contributed by atoms with van der Waals surface area (Å²) < 4.78 is 5.75. The van der Waals surface area contributed by atoms with Gasteiger partial charge >= 0.3 is 5.97 Å². The Morgan fingerprint density at radius 1 is 0.949 bits per heavy atom. The Morgan fingerprint density at radius 3 is 2.18 bits per heavy atom. The highest BCUT2D eigenvalue weighted by Crippen LogP contribution is 2.53. The molecule has 1 N–H and O–H groups in total. The van der Waals surface area contributed by atoms with E-state index in [9.17, 15) is 19.5 Å². The van der Waals surface area contributed by atoms with Crippen LogP contribution in [0.3, 0.4) is 0 Å². The number of likely N-dealkylation sites (tertiary alicyclic amines) is 1. The van der Waals surface area contributed by atoms with Gasteiger partial charge in [-0.3, -0.25) is 9.59 Å². The lowest BCUT2D eigenvalue weighted by atomic mass is 9.75. The molecule has 4 aromatic rings. The third kappa shape index (κ3) is 4.63. The minimum absolute atomic E-state index is 0.150. The van der Waals surface area contributed by atoms with Gasteiger partial charge in [-0.1, -0.05) is 60.7 Å². The Balaban J connectivity index is 1.77. The molecule has 2 aromatic carbocycles. The molecule has 2 aromatic heterocycles. The second-order valence-electron chi connectivity index (χ2n) is 10.0. The van der Waals surface area contributed by atoms with Crippen molar-refractivity contribution in [3.05, 3.63) is 123 Å². The molecule has 4 atom stereocenters. The molecule has 198 valence electrons. The van der Waals surface area contributed by atoms with E-state index in [1.165, 1.54) is 16.2 Å². The van der Waals surface area contributed by atoms with E-state index >= 15 is 0 Å².